The van der Waals surface area contributed by atoms with Crippen LogP contribution < -0.4 is 10.6 Å². The molecular formula is C20H20Cl2F3N3O. The zero-order chi connectivity index (χ0) is 21.0. The van der Waals surface area contributed by atoms with Crippen LogP contribution in [0.5, 0.6) is 0 Å². The van der Waals surface area contributed by atoms with Crippen LogP contribution >= 0.6 is 23.2 Å². The van der Waals surface area contributed by atoms with Crippen molar-refractivity contribution in [3.05, 3.63) is 57.8 Å². The molecule has 1 saturated carbocycles. The van der Waals surface area contributed by atoms with Crippen molar-refractivity contribution in [3.8, 4) is 0 Å². The molecule has 3 rings (SSSR count). The van der Waals surface area contributed by atoms with Crippen LogP contribution in [0.1, 0.15) is 41.6 Å². The monoisotopic (exact) mass is 445 g/mol. The van der Waals surface area contributed by atoms with E-state index in [1.54, 1.807) is 12.3 Å². The van der Waals surface area contributed by atoms with E-state index in [1.165, 1.54) is 0 Å². The average Bonchev–Trinajstić information content (AvgIpc) is 2.68. The minimum atomic E-state index is -4.52. The van der Waals surface area contributed by atoms with Crippen LogP contribution in [0.2, 0.25) is 10.2 Å². The Morgan fingerprint density at radius 1 is 1.10 bits per heavy atom. The van der Waals surface area contributed by atoms with Crippen LogP contribution in [-0.4, -0.2) is 23.5 Å². The fourth-order valence-corrected chi connectivity index (χ4v) is 3.71. The van der Waals surface area contributed by atoms with Gasteiger partial charge in [-0.3, -0.25) is 4.79 Å². The second kappa shape index (κ2) is 9.22. The van der Waals surface area contributed by atoms with Crippen LogP contribution in [0.15, 0.2) is 36.5 Å². The molecule has 1 aliphatic carbocycles. The number of rotatable bonds is 5. The number of nitrogens with zero attached hydrogens (tertiary/aromatic N) is 1. The number of aromatic nitrogens is 1. The van der Waals surface area contributed by atoms with Gasteiger partial charge in [0, 0.05) is 12.6 Å². The van der Waals surface area contributed by atoms with Crippen LogP contribution in [0, 0.1) is 5.92 Å². The number of benzene rings is 1. The predicted molar refractivity (Wildman–Crippen MR) is 107 cm³/mol. The zero-order valence-corrected chi connectivity index (χ0v) is 16.9. The van der Waals surface area contributed by atoms with E-state index in [4.69, 9.17) is 23.2 Å². The highest BCUT2D eigenvalue weighted by molar-refractivity contribution is 6.33. The van der Waals surface area contributed by atoms with Gasteiger partial charge >= 0.3 is 6.18 Å². The van der Waals surface area contributed by atoms with Crippen LogP contribution in [0.25, 0.3) is 0 Å². The molecule has 0 spiro atoms. The maximum Gasteiger partial charge on any atom is 0.416 e. The van der Waals surface area contributed by atoms with E-state index >= 15 is 0 Å². The predicted octanol–water partition coefficient (Wildman–Crippen LogP) is 5.81. The summed E-state index contributed by atoms with van der Waals surface area (Å²) in [6.07, 6.45) is 0.461. The van der Waals surface area contributed by atoms with Gasteiger partial charge < -0.3 is 10.6 Å². The summed E-state index contributed by atoms with van der Waals surface area (Å²) in [6, 6.07) is 6.27. The number of alkyl halides is 3. The molecule has 1 aromatic heterocycles. The van der Waals surface area contributed by atoms with E-state index in [2.05, 4.69) is 15.6 Å². The normalized spacial score (nSPS) is 19.6. The molecule has 2 N–H and O–H groups in total. The smallest absolute Gasteiger partial charge is 0.384 e. The highest BCUT2D eigenvalue weighted by atomic mass is 35.5. The second-order valence-electron chi connectivity index (χ2n) is 7.13. The van der Waals surface area contributed by atoms with Gasteiger partial charge in [0.1, 0.15) is 5.15 Å². The highest BCUT2D eigenvalue weighted by Crippen LogP contribution is 2.32. The molecule has 0 atom stereocenters. The summed E-state index contributed by atoms with van der Waals surface area (Å²) in [5.74, 6) is -0.133. The summed E-state index contributed by atoms with van der Waals surface area (Å²) in [7, 11) is 0. The third-order valence-corrected chi connectivity index (χ3v) is 5.60. The minimum Gasteiger partial charge on any atom is -0.384 e. The average molecular weight is 446 g/mol. The summed E-state index contributed by atoms with van der Waals surface area (Å²) >= 11 is 11.7. The summed E-state index contributed by atoms with van der Waals surface area (Å²) in [5, 5.41) is 6.58. The van der Waals surface area contributed by atoms with Gasteiger partial charge in [0.25, 0.3) is 5.91 Å². The van der Waals surface area contributed by atoms with Gasteiger partial charge in [-0.2, -0.15) is 13.2 Å². The van der Waals surface area contributed by atoms with Crippen molar-refractivity contribution >= 4 is 34.8 Å². The quantitative estimate of drug-likeness (QED) is 0.571. The molecule has 4 nitrogen and oxygen atoms in total. The molecule has 156 valence electrons. The largest absolute Gasteiger partial charge is 0.416 e. The van der Waals surface area contributed by atoms with E-state index < -0.39 is 17.6 Å². The number of hydrogen-bond donors (Lipinski definition) is 2. The van der Waals surface area contributed by atoms with Crippen molar-refractivity contribution in [2.45, 2.75) is 37.9 Å². The Morgan fingerprint density at radius 2 is 1.83 bits per heavy atom. The topological polar surface area (TPSA) is 54.0 Å². The number of amides is 1. The number of carbonyl (C=O) groups excluding carboxylic acids is 1. The van der Waals surface area contributed by atoms with Gasteiger partial charge in [-0.15, -0.1) is 0 Å². The molecule has 0 saturated heterocycles. The molecule has 9 heteroatoms. The van der Waals surface area contributed by atoms with Crippen molar-refractivity contribution < 1.29 is 18.0 Å². The Bertz CT molecular complexity index is 851. The molecule has 0 unspecified atom stereocenters. The Balaban J connectivity index is 1.50. The highest BCUT2D eigenvalue weighted by Gasteiger charge is 2.32. The first-order valence-electron chi connectivity index (χ1n) is 9.25. The minimum absolute atomic E-state index is 0.00459. The molecule has 1 aliphatic rings. The van der Waals surface area contributed by atoms with Gasteiger partial charge in [-0.05, 0) is 61.9 Å². The third-order valence-electron chi connectivity index (χ3n) is 5.04. The molecule has 1 aromatic carbocycles. The summed E-state index contributed by atoms with van der Waals surface area (Å²) in [5.41, 5.74) is -0.150. The molecule has 1 amide bonds. The third kappa shape index (κ3) is 6.00. The van der Waals surface area contributed by atoms with E-state index in [0.29, 0.717) is 11.1 Å². The molecule has 0 aliphatic heterocycles. The van der Waals surface area contributed by atoms with Gasteiger partial charge in [-0.25, -0.2) is 4.98 Å². The lowest BCUT2D eigenvalue weighted by Gasteiger charge is -2.29. The molecule has 0 radical (unpaired) electrons. The maximum atomic E-state index is 12.9. The molecule has 2 aromatic rings. The van der Waals surface area contributed by atoms with Gasteiger partial charge in [0.2, 0.25) is 0 Å². The number of anilines is 1. The number of halogens is 5. The van der Waals surface area contributed by atoms with Gasteiger partial charge in [0.05, 0.1) is 28.0 Å². The SMILES string of the molecule is O=C(N[C@H]1CC[C@H](CNc2ccc(Cl)nc2)CC1)c1cc(C(F)(F)F)ccc1Cl. The lowest BCUT2D eigenvalue weighted by Crippen LogP contribution is -2.38. The molecule has 1 heterocycles. The van der Waals surface area contributed by atoms with Crippen molar-refractivity contribution in [1.29, 1.82) is 0 Å². The van der Waals surface area contributed by atoms with E-state index in [0.717, 1.165) is 56.1 Å². The van der Waals surface area contributed by atoms with E-state index in [1.807, 2.05) is 6.07 Å². The Hall–Kier alpha value is -1.99. The first-order chi connectivity index (χ1) is 13.7. The zero-order valence-electron chi connectivity index (χ0n) is 15.4. The van der Waals surface area contributed by atoms with Crippen molar-refractivity contribution in [1.82, 2.24) is 10.3 Å². The maximum absolute atomic E-state index is 12.9. The van der Waals surface area contributed by atoms with Crippen molar-refractivity contribution in [2.24, 2.45) is 5.92 Å². The molecular weight excluding hydrogens is 426 g/mol. The number of nitrogens with one attached hydrogen (secondary N) is 2. The van der Waals surface area contributed by atoms with Gasteiger partial charge in [-0.1, -0.05) is 23.2 Å². The van der Waals surface area contributed by atoms with Gasteiger partial charge in [0.15, 0.2) is 0 Å². The van der Waals surface area contributed by atoms with E-state index in [-0.39, 0.29) is 16.6 Å². The number of pyridine rings is 1. The van der Waals surface area contributed by atoms with Crippen molar-refractivity contribution in [2.75, 3.05) is 11.9 Å². The summed E-state index contributed by atoms with van der Waals surface area (Å²) < 4.78 is 38.7. The molecule has 0 bridgehead atoms. The Kier molecular flexibility index (Phi) is 6.90. The van der Waals surface area contributed by atoms with Crippen LogP contribution in [0.4, 0.5) is 18.9 Å². The summed E-state index contributed by atoms with van der Waals surface area (Å²) in [6.45, 7) is 0.781. The fraction of sp³-hybridized carbons (Fsp3) is 0.400. The first kappa shape index (κ1) is 21.7. The standard InChI is InChI=1S/C20H20Cl2F3N3O/c21-17-7-3-13(20(23,24)25)9-16(17)19(29)28-14-4-1-12(2-5-14)10-26-15-6-8-18(22)27-11-15/h3,6-9,11-12,14,26H,1-2,4-5,10H2,(H,28,29)/t12-,14-. The van der Waals surface area contributed by atoms with E-state index in [9.17, 15) is 18.0 Å². The Labute approximate surface area is 176 Å². The molecule has 29 heavy (non-hydrogen) atoms. The number of hydrogen-bond acceptors (Lipinski definition) is 3. The van der Waals surface area contributed by atoms with Crippen LogP contribution in [-0.2, 0) is 6.18 Å². The lowest BCUT2D eigenvalue weighted by molar-refractivity contribution is -0.137. The Morgan fingerprint density at radius 3 is 2.45 bits per heavy atom. The summed E-state index contributed by atoms with van der Waals surface area (Å²) in [4.78, 5) is 16.5. The van der Waals surface area contributed by atoms with Crippen molar-refractivity contribution in [3.63, 3.8) is 0 Å². The second-order valence-corrected chi connectivity index (χ2v) is 7.93. The number of carbonyl (C=O) groups is 1. The first-order valence-corrected chi connectivity index (χ1v) is 10.0. The van der Waals surface area contributed by atoms with Crippen LogP contribution in [0.3, 0.4) is 0 Å². The molecule has 1 fully saturated rings. The fourth-order valence-electron chi connectivity index (χ4n) is 3.39. The lowest BCUT2D eigenvalue weighted by atomic mass is 9.86.